The van der Waals surface area contributed by atoms with Gasteiger partial charge in [-0.25, -0.2) is 4.98 Å². The Morgan fingerprint density at radius 1 is 1.03 bits per heavy atom. The Hall–Kier alpha value is -3.64. The summed E-state index contributed by atoms with van der Waals surface area (Å²) in [6, 6.07) is 17.4. The van der Waals surface area contributed by atoms with Crippen LogP contribution in [-0.2, 0) is 0 Å². The van der Waals surface area contributed by atoms with E-state index in [-0.39, 0.29) is 5.91 Å². The van der Waals surface area contributed by atoms with E-state index in [4.69, 9.17) is 0 Å². The summed E-state index contributed by atoms with van der Waals surface area (Å²) in [5.41, 5.74) is 5.43. The molecular formula is C23H18N4OS. The molecule has 0 aliphatic carbocycles. The minimum atomic E-state index is -0.131. The fourth-order valence-electron chi connectivity index (χ4n) is 3.32. The number of hydrogen-bond donors (Lipinski definition) is 1. The number of aromatic nitrogens is 3. The topological polar surface area (TPSA) is 51.3 Å². The lowest BCUT2D eigenvalue weighted by Gasteiger charge is -2.11. The Labute approximate surface area is 171 Å². The molecule has 1 amide bonds. The van der Waals surface area contributed by atoms with Gasteiger partial charge in [0.1, 0.15) is 0 Å². The number of rotatable bonds is 4. The number of anilines is 1. The molecule has 2 aromatic carbocycles. The fourth-order valence-corrected chi connectivity index (χ4v) is 4.02. The van der Waals surface area contributed by atoms with Crippen molar-refractivity contribution in [3.63, 3.8) is 0 Å². The summed E-state index contributed by atoms with van der Waals surface area (Å²) in [7, 11) is 0. The van der Waals surface area contributed by atoms with Crippen molar-refractivity contribution in [2.24, 2.45) is 0 Å². The van der Waals surface area contributed by atoms with Crippen molar-refractivity contribution in [2.75, 3.05) is 5.32 Å². The number of nitrogens with zero attached hydrogens (tertiary/aromatic N) is 3. The summed E-state index contributed by atoms with van der Waals surface area (Å²) in [4.78, 5) is 18.3. The van der Waals surface area contributed by atoms with E-state index in [1.807, 2.05) is 101 Å². The lowest BCUT2D eigenvalue weighted by Crippen LogP contribution is -2.12. The van der Waals surface area contributed by atoms with E-state index in [0.29, 0.717) is 5.56 Å². The standard InChI is InChI=1S/C23H18N4OS/c1-16-4-5-18(14-21(16)26-10-2-3-11-26)22(28)24-19-8-6-17(7-9-19)20-15-27-12-13-29-23(27)25-20/h2-15H,1H3,(H,24,28). The van der Waals surface area contributed by atoms with Gasteiger partial charge in [-0.05, 0) is 48.9 Å². The highest BCUT2D eigenvalue weighted by atomic mass is 32.1. The van der Waals surface area contributed by atoms with Gasteiger partial charge in [-0.3, -0.25) is 9.20 Å². The third kappa shape index (κ3) is 3.34. The molecule has 142 valence electrons. The molecule has 5 rings (SSSR count). The largest absolute Gasteiger partial charge is 0.324 e. The van der Waals surface area contributed by atoms with Crippen molar-refractivity contribution in [1.29, 1.82) is 0 Å². The Morgan fingerprint density at radius 3 is 2.59 bits per heavy atom. The van der Waals surface area contributed by atoms with E-state index in [9.17, 15) is 4.79 Å². The van der Waals surface area contributed by atoms with Crippen LogP contribution in [0.5, 0.6) is 0 Å². The molecule has 0 radical (unpaired) electrons. The molecular weight excluding hydrogens is 380 g/mol. The van der Waals surface area contributed by atoms with E-state index in [2.05, 4.69) is 10.3 Å². The zero-order valence-corrected chi connectivity index (χ0v) is 16.6. The molecule has 0 aliphatic heterocycles. The molecule has 3 heterocycles. The highest BCUT2D eigenvalue weighted by molar-refractivity contribution is 7.15. The van der Waals surface area contributed by atoms with Gasteiger partial charge in [-0.1, -0.05) is 18.2 Å². The summed E-state index contributed by atoms with van der Waals surface area (Å²) in [6.45, 7) is 2.04. The van der Waals surface area contributed by atoms with E-state index >= 15 is 0 Å². The molecule has 0 bridgehead atoms. The quantitative estimate of drug-likeness (QED) is 0.440. The summed E-state index contributed by atoms with van der Waals surface area (Å²) in [6.07, 6.45) is 7.95. The average molecular weight is 398 g/mol. The van der Waals surface area contributed by atoms with E-state index in [1.165, 1.54) is 0 Å². The number of carbonyl (C=O) groups excluding carboxylic acids is 1. The van der Waals surface area contributed by atoms with Gasteiger partial charge in [0.15, 0.2) is 4.96 Å². The van der Waals surface area contributed by atoms with Crippen LogP contribution < -0.4 is 5.32 Å². The van der Waals surface area contributed by atoms with Crippen molar-refractivity contribution < 1.29 is 4.79 Å². The summed E-state index contributed by atoms with van der Waals surface area (Å²) in [5, 5.41) is 4.99. The van der Waals surface area contributed by atoms with Crippen LogP contribution in [0.1, 0.15) is 15.9 Å². The normalized spacial score (nSPS) is 11.1. The van der Waals surface area contributed by atoms with Crippen LogP contribution in [0, 0.1) is 6.92 Å². The van der Waals surface area contributed by atoms with Crippen molar-refractivity contribution in [2.45, 2.75) is 6.92 Å². The molecule has 0 fully saturated rings. The minimum Gasteiger partial charge on any atom is -0.324 e. The monoisotopic (exact) mass is 398 g/mol. The zero-order chi connectivity index (χ0) is 19.8. The van der Waals surface area contributed by atoms with Crippen LogP contribution in [0.15, 0.2) is 84.8 Å². The number of amides is 1. The van der Waals surface area contributed by atoms with Crippen LogP contribution in [-0.4, -0.2) is 19.9 Å². The Morgan fingerprint density at radius 2 is 1.83 bits per heavy atom. The van der Waals surface area contributed by atoms with Gasteiger partial charge in [0.05, 0.1) is 5.69 Å². The van der Waals surface area contributed by atoms with Gasteiger partial charge < -0.3 is 9.88 Å². The molecule has 3 aromatic heterocycles. The predicted molar refractivity (Wildman–Crippen MR) is 117 cm³/mol. The van der Waals surface area contributed by atoms with Gasteiger partial charge in [-0.2, -0.15) is 0 Å². The summed E-state index contributed by atoms with van der Waals surface area (Å²) < 4.78 is 4.02. The number of fused-ring (bicyclic) bond motifs is 1. The number of carbonyl (C=O) groups is 1. The van der Waals surface area contributed by atoms with E-state index < -0.39 is 0 Å². The maximum Gasteiger partial charge on any atom is 0.255 e. The van der Waals surface area contributed by atoms with Crippen LogP contribution in [0.25, 0.3) is 21.9 Å². The van der Waals surface area contributed by atoms with Crippen LogP contribution in [0.3, 0.4) is 0 Å². The highest BCUT2D eigenvalue weighted by Crippen LogP contribution is 2.24. The van der Waals surface area contributed by atoms with E-state index in [0.717, 1.165) is 33.2 Å². The van der Waals surface area contributed by atoms with Gasteiger partial charge >= 0.3 is 0 Å². The molecule has 5 nitrogen and oxygen atoms in total. The van der Waals surface area contributed by atoms with Crippen LogP contribution in [0.2, 0.25) is 0 Å². The maximum atomic E-state index is 12.8. The molecule has 1 N–H and O–H groups in total. The maximum absolute atomic E-state index is 12.8. The molecule has 6 heteroatoms. The second-order valence-corrected chi connectivity index (χ2v) is 7.72. The van der Waals surface area contributed by atoms with Crippen molar-refractivity contribution >= 4 is 27.9 Å². The fraction of sp³-hybridized carbons (Fsp3) is 0.0435. The number of benzene rings is 2. The third-order valence-electron chi connectivity index (χ3n) is 4.89. The molecule has 0 saturated carbocycles. The molecule has 0 saturated heterocycles. The van der Waals surface area contributed by atoms with Gasteiger partial charge in [0, 0.05) is 52.7 Å². The van der Waals surface area contributed by atoms with Gasteiger partial charge in [0.2, 0.25) is 0 Å². The number of aryl methyl sites for hydroxylation is 1. The second-order valence-electron chi connectivity index (χ2n) is 6.84. The SMILES string of the molecule is Cc1ccc(C(=O)Nc2ccc(-c3cn4ccsc4n3)cc2)cc1-n1cccc1. The first-order valence-electron chi connectivity index (χ1n) is 9.25. The summed E-state index contributed by atoms with van der Waals surface area (Å²) >= 11 is 1.61. The number of imidazole rings is 1. The highest BCUT2D eigenvalue weighted by Gasteiger charge is 2.10. The van der Waals surface area contributed by atoms with E-state index in [1.54, 1.807) is 11.3 Å². The van der Waals surface area contributed by atoms with Crippen molar-refractivity contribution in [3.05, 3.63) is 95.9 Å². The Balaban J connectivity index is 1.35. The molecule has 29 heavy (non-hydrogen) atoms. The second kappa shape index (κ2) is 7.07. The lowest BCUT2D eigenvalue weighted by molar-refractivity contribution is 0.102. The number of nitrogens with one attached hydrogen (secondary N) is 1. The zero-order valence-electron chi connectivity index (χ0n) is 15.7. The molecule has 5 aromatic rings. The minimum absolute atomic E-state index is 0.131. The number of thiazole rings is 1. The third-order valence-corrected chi connectivity index (χ3v) is 5.66. The van der Waals surface area contributed by atoms with Crippen molar-refractivity contribution in [1.82, 2.24) is 14.0 Å². The predicted octanol–water partition coefficient (Wildman–Crippen LogP) is 5.41. The lowest BCUT2D eigenvalue weighted by atomic mass is 10.1. The average Bonchev–Trinajstić information content (AvgIpc) is 3.46. The smallest absolute Gasteiger partial charge is 0.255 e. The number of hydrogen-bond acceptors (Lipinski definition) is 3. The first-order chi connectivity index (χ1) is 14.2. The van der Waals surface area contributed by atoms with Crippen LogP contribution >= 0.6 is 11.3 Å². The van der Waals surface area contributed by atoms with Crippen LogP contribution in [0.4, 0.5) is 5.69 Å². The first kappa shape index (κ1) is 17.5. The Bertz CT molecular complexity index is 1270. The first-order valence-corrected chi connectivity index (χ1v) is 10.1. The van der Waals surface area contributed by atoms with Gasteiger partial charge in [0.25, 0.3) is 5.91 Å². The summed E-state index contributed by atoms with van der Waals surface area (Å²) in [5.74, 6) is -0.131. The molecule has 0 atom stereocenters. The molecule has 0 spiro atoms. The van der Waals surface area contributed by atoms with Crippen molar-refractivity contribution in [3.8, 4) is 16.9 Å². The molecule has 0 unspecified atom stereocenters. The van der Waals surface area contributed by atoms with Gasteiger partial charge in [-0.15, -0.1) is 11.3 Å². The Kier molecular flexibility index (Phi) is 4.26. The molecule has 0 aliphatic rings.